The molecule has 2 aromatic rings. The minimum absolute atomic E-state index is 0.369. The largest absolute Gasteiger partial charge is 0.321 e. The molecule has 1 unspecified atom stereocenters. The van der Waals surface area contributed by atoms with Crippen LogP contribution in [0.4, 0.5) is 8.78 Å². The third-order valence-corrected chi connectivity index (χ3v) is 2.80. The predicted molar refractivity (Wildman–Crippen MR) is 64.7 cm³/mol. The highest BCUT2D eigenvalue weighted by molar-refractivity contribution is 6.20. The van der Waals surface area contributed by atoms with Crippen molar-refractivity contribution in [1.29, 1.82) is 0 Å². The molecular formula is C12H13ClF2N2. The quantitative estimate of drug-likeness (QED) is 0.764. The first kappa shape index (κ1) is 12.3. The lowest BCUT2D eigenvalue weighted by atomic mass is 10.2. The first-order valence-electron chi connectivity index (χ1n) is 5.38. The van der Waals surface area contributed by atoms with Gasteiger partial charge in [-0.1, -0.05) is 6.07 Å². The lowest BCUT2D eigenvalue weighted by Gasteiger charge is -2.09. The van der Waals surface area contributed by atoms with E-state index < -0.39 is 6.43 Å². The number of rotatable bonds is 3. The summed E-state index contributed by atoms with van der Waals surface area (Å²) >= 11 is 5.97. The Morgan fingerprint density at radius 3 is 2.71 bits per heavy atom. The van der Waals surface area contributed by atoms with E-state index in [1.807, 2.05) is 25.1 Å². The molecule has 1 aromatic heterocycles. The molecule has 0 saturated heterocycles. The van der Waals surface area contributed by atoms with E-state index in [0.717, 1.165) is 5.56 Å². The van der Waals surface area contributed by atoms with Crippen molar-refractivity contribution in [2.24, 2.45) is 0 Å². The Morgan fingerprint density at radius 1 is 1.41 bits per heavy atom. The molecule has 92 valence electrons. The molecule has 0 bridgehead atoms. The fraction of sp³-hybridized carbons (Fsp3) is 0.417. The number of halogens is 3. The number of nitrogens with zero attached hydrogens (tertiary/aromatic N) is 2. The zero-order valence-corrected chi connectivity index (χ0v) is 10.4. The summed E-state index contributed by atoms with van der Waals surface area (Å²) in [4.78, 5) is 4.30. The highest BCUT2D eigenvalue weighted by Crippen LogP contribution is 2.26. The van der Waals surface area contributed by atoms with Crippen LogP contribution in [-0.4, -0.2) is 16.0 Å². The summed E-state index contributed by atoms with van der Waals surface area (Å²) in [5.74, 6) is 0.493. The van der Waals surface area contributed by atoms with Gasteiger partial charge in [-0.05, 0) is 31.5 Å². The topological polar surface area (TPSA) is 17.8 Å². The maximum absolute atomic E-state index is 12.6. The van der Waals surface area contributed by atoms with Gasteiger partial charge in [-0.25, -0.2) is 13.8 Å². The van der Waals surface area contributed by atoms with Gasteiger partial charge in [0.25, 0.3) is 6.43 Å². The second kappa shape index (κ2) is 4.61. The van der Waals surface area contributed by atoms with Crippen LogP contribution in [-0.2, 0) is 6.54 Å². The average molecular weight is 259 g/mol. The van der Waals surface area contributed by atoms with Gasteiger partial charge in [0.05, 0.1) is 23.0 Å². The highest BCUT2D eigenvalue weighted by atomic mass is 35.5. The molecule has 0 amide bonds. The molecule has 5 heteroatoms. The van der Waals surface area contributed by atoms with Crippen LogP contribution in [0.2, 0.25) is 0 Å². The Kier molecular flexibility index (Phi) is 3.33. The Balaban J connectivity index is 2.64. The molecule has 0 aliphatic carbocycles. The van der Waals surface area contributed by atoms with Gasteiger partial charge in [0.15, 0.2) is 0 Å². The van der Waals surface area contributed by atoms with Crippen molar-refractivity contribution < 1.29 is 8.78 Å². The monoisotopic (exact) mass is 258 g/mol. The summed E-state index contributed by atoms with van der Waals surface area (Å²) in [6.07, 6.45) is -2.41. The van der Waals surface area contributed by atoms with Gasteiger partial charge in [0, 0.05) is 0 Å². The van der Waals surface area contributed by atoms with E-state index in [0.29, 0.717) is 16.9 Å². The average Bonchev–Trinajstić information content (AvgIpc) is 2.56. The molecule has 1 atom stereocenters. The van der Waals surface area contributed by atoms with E-state index in [9.17, 15) is 8.78 Å². The van der Waals surface area contributed by atoms with E-state index >= 15 is 0 Å². The molecule has 0 spiro atoms. The number of hydrogen-bond acceptors (Lipinski definition) is 1. The second-order valence-corrected chi connectivity index (χ2v) is 4.73. The summed E-state index contributed by atoms with van der Waals surface area (Å²) in [6, 6.07) is 5.59. The summed E-state index contributed by atoms with van der Waals surface area (Å²) in [7, 11) is 0. The minimum Gasteiger partial charge on any atom is -0.321 e. The lowest BCUT2D eigenvalue weighted by molar-refractivity contribution is 0.127. The molecule has 0 fully saturated rings. The molecule has 2 rings (SSSR count). The van der Waals surface area contributed by atoms with Gasteiger partial charge in [-0.3, -0.25) is 0 Å². The molecule has 0 radical (unpaired) electrons. The van der Waals surface area contributed by atoms with Crippen molar-refractivity contribution in [2.75, 3.05) is 0 Å². The number of fused-ring (bicyclic) bond motifs is 1. The zero-order valence-electron chi connectivity index (χ0n) is 9.62. The number of benzene rings is 1. The normalized spacial score (nSPS) is 13.5. The standard InChI is InChI=1S/C12H13ClF2N2/c1-7-3-4-9-10(5-7)17(6-11(14)15)12(16-9)8(2)13/h3-5,8,11H,6H2,1-2H3. The van der Waals surface area contributed by atoms with E-state index in [-0.39, 0.29) is 11.9 Å². The molecular weight excluding hydrogens is 246 g/mol. The van der Waals surface area contributed by atoms with Crippen LogP contribution >= 0.6 is 11.6 Å². The van der Waals surface area contributed by atoms with Crippen LogP contribution in [0, 0.1) is 6.92 Å². The fourth-order valence-corrected chi connectivity index (χ4v) is 2.05. The van der Waals surface area contributed by atoms with E-state index in [2.05, 4.69) is 4.98 Å². The molecule has 0 N–H and O–H groups in total. The first-order chi connectivity index (χ1) is 7.99. The molecule has 2 nitrogen and oxygen atoms in total. The summed E-state index contributed by atoms with van der Waals surface area (Å²) in [5, 5.41) is -0.388. The summed E-state index contributed by atoms with van der Waals surface area (Å²) < 4.78 is 26.7. The Morgan fingerprint density at radius 2 is 2.12 bits per heavy atom. The van der Waals surface area contributed by atoms with Crippen LogP contribution in [0.25, 0.3) is 11.0 Å². The third-order valence-electron chi connectivity index (χ3n) is 2.61. The molecule has 0 aliphatic heterocycles. The lowest BCUT2D eigenvalue weighted by Crippen LogP contribution is -2.10. The van der Waals surface area contributed by atoms with Crippen molar-refractivity contribution in [3.05, 3.63) is 29.6 Å². The fourth-order valence-electron chi connectivity index (χ4n) is 1.88. The van der Waals surface area contributed by atoms with Gasteiger partial charge >= 0.3 is 0 Å². The molecule has 0 saturated carbocycles. The van der Waals surface area contributed by atoms with E-state index in [1.165, 1.54) is 4.57 Å². The van der Waals surface area contributed by atoms with Crippen LogP contribution in [0.5, 0.6) is 0 Å². The van der Waals surface area contributed by atoms with Gasteiger partial charge in [-0.15, -0.1) is 11.6 Å². The zero-order chi connectivity index (χ0) is 12.6. The van der Waals surface area contributed by atoms with Gasteiger partial charge < -0.3 is 4.57 Å². The van der Waals surface area contributed by atoms with Gasteiger partial charge in [0.1, 0.15) is 5.82 Å². The van der Waals surface area contributed by atoms with Gasteiger partial charge in [-0.2, -0.15) is 0 Å². The number of aryl methyl sites for hydroxylation is 1. The first-order valence-corrected chi connectivity index (χ1v) is 5.81. The highest BCUT2D eigenvalue weighted by Gasteiger charge is 2.17. The minimum atomic E-state index is -2.41. The third kappa shape index (κ3) is 2.41. The smallest absolute Gasteiger partial charge is 0.256 e. The Labute approximate surface area is 103 Å². The summed E-state index contributed by atoms with van der Waals surface area (Å²) in [6.45, 7) is 3.28. The summed E-state index contributed by atoms with van der Waals surface area (Å²) in [5.41, 5.74) is 2.44. The van der Waals surface area contributed by atoms with Crippen molar-refractivity contribution in [3.8, 4) is 0 Å². The number of alkyl halides is 3. The molecule has 17 heavy (non-hydrogen) atoms. The predicted octanol–water partition coefficient (Wildman–Crippen LogP) is 3.91. The SMILES string of the molecule is Cc1ccc2nc(C(C)Cl)n(CC(F)F)c2c1. The van der Waals surface area contributed by atoms with Crippen molar-refractivity contribution in [2.45, 2.75) is 32.2 Å². The van der Waals surface area contributed by atoms with Crippen molar-refractivity contribution >= 4 is 22.6 Å². The molecule has 1 aromatic carbocycles. The van der Waals surface area contributed by atoms with Crippen LogP contribution < -0.4 is 0 Å². The van der Waals surface area contributed by atoms with Crippen LogP contribution in [0.1, 0.15) is 23.7 Å². The number of hydrogen-bond donors (Lipinski definition) is 0. The molecule has 1 heterocycles. The molecule has 0 aliphatic rings. The second-order valence-electron chi connectivity index (χ2n) is 4.08. The maximum Gasteiger partial charge on any atom is 0.256 e. The van der Waals surface area contributed by atoms with Crippen molar-refractivity contribution in [1.82, 2.24) is 9.55 Å². The Hall–Kier alpha value is -1.16. The van der Waals surface area contributed by atoms with Gasteiger partial charge in [0.2, 0.25) is 0 Å². The number of aromatic nitrogens is 2. The van der Waals surface area contributed by atoms with Crippen LogP contribution in [0.15, 0.2) is 18.2 Å². The maximum atomic E-state index is 12.6. The number of imidazole rings is 1. The van der Waals surface area contributed by atoms with Crippen molar-refractivity contribution in [3.63, 3.8) is 0 Å². The van der Waals surface area contributed by atoms with E-state index in [1.54, 1.807) is 6.92 Å². The van der Waals surface area contributed by atoms with E-state index in [4.69, 9.17) is 11.6 Å². The van der Waals surface area contributed by atoms with Crippen LogP contribution in [0.3, 0.4) is 0 Å². The Bertz CT molecular complexity index is 535.